The zero-order valence-corrected chi connectivity index (χ0v) is 10.7. The summed E-state index contributed by atoms with van der Waals surface area (Å²) in [4.78, 5) is 18.0. The Kier molecular flexibility index (Phi) is 4.90. The van der Waals surface area contributed by atoms with Gasteiger partial charge >= 0.3 is 0 Å². The Morgan fingerprint density at radius 1 is 1.53 bits per heavy atom. The standard InChI is InChI=1S/C12H17N3O.ClH/c1-9-4-5-10(7-14-9)12(16)15-6-2-3-11(13)8-15;/h4-5,7,11H,2-3,6,8,13H2,1H3;1H. The zero-order chi connectivity index (χ0) is 11.5. The van der Waals surface area contributed by atoms with E-state index < -0.39 is 0 Å². The van der Waals surface area contributed by atoms with E-state index in [-0.39, 0.29) is 24.4 Å². The third-order valence-corrected chi connectivity index (χ3v) is 2.90. The molecule has 1 fully saturated rings. The van der Waals surface area contributed by atoms with Crippen LogP contribution in [0.3, 0.4) is 0 Å². The van der Waals surface area contributed by atoms with Crippen molar-refractivity contribution >= 4 is 18.3 Å². The summed E-state index contributed by atoms with van der Waals surface area (Å²) < 4.78 is 0. The van der Waals surface area contributed by atoms with Crippen LogP contribution in [0.5, 0.6) is 0 Å². The number of hydrogen-bond acceptors (Lipinski definition) is 3. The first kappa shape index (κ1) is 13.9. The highest BCUT2D eigenvalue weighted by molar-refractivity contribution is 5.94. The zero-order valence-electron chi connectivity index (χ0n) is 9.93. The predicted molar refractivity (Wildman–Crippen MR) is 69.3 cm³/mol. The van der Waals surface area contributed by atoms with Crippen molar-refractivity contribution < 1.29 is 4.79 Å². The molecule has 1 aliphatic heterocycles. The van der Waals surface area contributed by atoms with E-state index in [0.717, 1.165) is 25.1 Å². The molecule has 1 saturated heterocycles. The average Bonchev–Trinajstić information content (AvgIpc) is 2.29. The molecule has 1 atom stereocenters. The molecule has 1 aromatic rings. The van der Waals surface area contributed by atoms with Crippen molar-refractivity contribution in [1.29, 1.82) is 0 Å². The Bertz CT molecular complexity index is 380. The number of carbonyl (C=O) groups excluding carboxylic acids is 1. The summed E-state index contributed by atoms with van der Waals surface area (Å²) in [5, 5.41) is 0. The summed E-state index contributed by atoms with van der Waals surface area (Å²) in [6.45, 7) is 3.37. The second-order valence-electron chi connectivity index (χ2n) is 4.34. The molecule has 0 aliphatic carbocycles. The van der Waals surface area contributed by atoms with Crippen molar-refractivity contribution in [3.63, 3.8) is 0 Å². The molecule has 0 bridgehead atoms. The number of halogens is 1. The maximum absolute atomic E-state index is 12.1. The normalized spacial score (nSPS) is 19.6. The van der Waals surface area contributed by atoms with Gasteiger partial charge in [0.2, 0.25) is 0 Å². The molecule has 0 radical (unpaired) electrons. The monoisotopic (exact) mass is 255 g/mol. The number of likely N-dealkylation sites (tertiary alicyclic amines) is 1. The van der Waals surface area contributed by atoms with Gasteiger partial charge in [0.15, 0.2) is 0 Å². The summed E-state index contributed by atoms with van der Waals surface area (Å²) >= 11 is 0. The fraction of sp³-hybridized carbons (Fsp3) is 0.500. The van der Waals surface area contributed by atoms with Gasteiger partial charge in [0.25, 0.3) is 5.91 Å². The lowest BCUT2D eigenvalue weighted by Crippen LogP contribution is -2.45. The van der Waals surface area contributed by atoms with Gasteiger partial charge in [-0.2, -0.15) is 0 Å². The first-order valence-corrected chi connectivity index (χ1v) is 5.64. The Morgan fingerprint density at radius 2 is 2.29 bits per heavy atom. The third-order valence-electron chi connectivity index (χ3n) is 2.90. The van der Waals surface area contributed by atoms with Crippen molar-refractivity contribution in [3.8, 4) is 0 Å². The van der Waals surface area contributed by atoms with E-state index in [1.807, 2.05) is 24.0 Å². The molecule has 1 aliphatic rings. The van der Waals surface area contributed by atoms with Crippen LogP contribution in [0.25, 0.3) is 0 Å². The lowest BCUT2D eigenvalue weighted by molar-refractivity contribution is 0.0708. The molecule has 0 saturated carbocycles. The molecular weight excluding hydrogens is 238 g/mol. The second-order valence-corrected chi connectivity index (χ2v) is 4.34. The highest BCUT2D eigenvalue weighted by Crippen LogP contribution is 2.12. The van der Waals surface area contributed by atoms with Crippen LogP contribution >= 0.6 is 12.4 Å². The van der Waals surface area contributed by atoms with Gasteiger partial charge in [-0.1, -0.05) is 0 Å². The van der Waals surface area contributed by atoms with Crippen LogP contribution in [0.15, 0.2) is 18.3 Å². The molecule has 94 valence electrons. The summed E-state index contributed by atoms with van der Waals surface area (Å²) in [6.07, 6.45) is 3.64. The van der Waals surface area contributed by atoms with Crippen LogP contribution < -0.4 is 5.73 Å². The van der Waals surface area contributed by atoms with Crippen LogP contribution in [-0.4, -0.2) is 34.9 Å². The number of nitrogens with two attached hydrogens (primary N) is 1. The number of hydrogen-bond donors (Lipinski definition) is 1. The second kappa shape index (κ2) is 5.98. The van der Waals surface area contributed by atoms with Gasteiger partial charge in [0.1, 0.15) is 0 Å². The number of carbonyl (C=O) groups is 1. The highest BCUT2D eigenvalue weighted by atomic mass is 35.5. The van der Waals surface area contributed by atoms with E-state index in [9.17, 15) is 4.79 Å². The smallest absolute Gasteiger partial charge is 0.255 e. The van der Waals surface area contributed by atoms with E-state index in [1.165, 1.54) is 0 Å². The van der Waals surface area contributed by atoms with Crippen molar-refractivity contribution in [1.82, 2.24) is 9.88 Å². The summed E-state index contributed by atoms with van der Waals surface area (Å²) in [5.74, 6) is 0.0441. The summed E-state index contributed by atoms with van der Waals surface area (Å²) in [7, 11) is 0. The molecule has 2 N–H and O–H groups in total. The molecule has 2 rings (SSSR count). The molecule has 17 heavy (non-hydrogen) atoms. The van der Waals surface area contributed by atoms with Crippen LogP contribution in [0, 0.1) is 6.92 Å². The van der Waals surface area contributed by atoms with Gasteiger partial charge in [-0.3, -0.25) is 9.78 Å². The largest absolute Gasteiger partial charge is 0.337 e. The van der Waals surface area contributed by atoms with Crippen molar-refractivity contribution in [2.24, 2.45) is 5.73 Å². The highest BCUT2D eigenvalue weighted by Gasteiger charge is 2.22. The number of amides is 1. The molecule has 0 aromatic carbocycles. The third kappa shape index (κ3) is 3.41. The van der Waals surface area contributed by atoms with Gasteiger partial charge in [0.05, 0.1) is 5.56 Å². The Morgan fingerprint density at radius 3 is 2.88 bits per heavy atom. The first-order chi connectivity index (χ1) is 7.66. The lowest BCUT2D eigenvalue weighted by atomic mass is 10.1. The number of rotatable bonds is 1. The maximum Gasteiger partial charge on any atom is 0.255 e. The molecule has 4 nitrogen and oxygen atoms in total. The van der Waals surface area contributed by atoms with Crippen LogP contribution in [0.2, 0.25) is 0 Å². The average molecular weight is 256 g/mol. The number of aromatic nitrogens is 1. The molecule has 1 aromatic heterocycles. The van der Waals surface area contributed by atoms with E-state index in [2.05, 4.69) is 4.98 Å². The molecule has 1 amide bonds. The maximum atomic E-state index is 12.1. The van der Waals surface area contributed by atoms with Crippen LogP contribution in [0.1, 0.15) is 28.9 Å². The summed E-state index contributed by atoms with van der Waals surface area (Å²) in [5.41, 5.74) is 7.43. The van der Waals surface area contributed by atoms with Crippen molar-refractivity contribution in [2.45, 2.75) is 25.8 Å². The number of aryl methyl sites for hydroxylation is 1. The first-order valence-electron chi connectivity index (χ1n) is 5.64. The quantitative estimate of drug-likeness (QED) is 0.825. The lowest BCUT2D eigenvalue weighted by Gasteiger charge is -2.30. The number of pyridine rings is 1. The Labute approximate surface area is 108 Å². The van der Waals surface area contributed by atoms with E-state index in [0.29, 0.717) is 12.1 Å². The number of piperidine rings is 1. The number of nitrogens with zero attached hydrogens (tertiary/aromatic N) is 2. The molecule has 2 heterocycles. The molecule has 5 heteroatoms. The van der Waals surface area contributed by atoms with E-state index in [4.69, 9.17) is 5.73 Å². The minimum absolute atomic E-state index is 0. The van der Waals surface area contributed by atoms with Gasteiger partial charge < -0.3 is 10.6 Å². The minimum atomic E-state index is 0. The van der Waals surface area contributed by atoms with E-state index >= 15 is 0 Å². The molecular formula is C12H18ClN3O. The molecule has 1 unspecified atom stereocenters. The topological polar surface area (TPSA) is 59.2 Å². The fourth-order valence-corrected chi connectivity index (χ4v) is 1.97. The summed E-state index contributed by atoms with van der Waals surface area (Å²) in [6, 6.07) is 3.80. The SMILES string of the molecule is Cc1ccc(C(=O)N2CCCC(N)C2)cn1.Cl. The van der Waals surface area contributed by atoms with E-state index in [1.54, 1.807) is 6.20 Å². The van der Waals surface area contributed by atoms with Gasteiger partial charge in [-0.05, 0) is 31.9 Å². The van der Waals surface area contributed by atoms with Gasteiger partial charge in [-0.25, -0.2) is 0 Å². The van der Waals surface area contributed by atoms with Crippen molar-refractivity contribution in [2.75, 3.05) is 13.1 Å². The van der Waals surface area contributed by atoms with Crippen molar-refractivity contribution in [3.05, 3.63) is 29.6 Å². The minimum Gasteiger partial charge on any atom is -0.337 e. The fourth-order valence-electron chi connectivity index (χ4n) is 1.97. The van der Waals surface area contributed by atoms with Gasteiger partial charge in [-0.15, -0.1) is 12.4 Å². The van der Waals surface area contributed by atoms with Crippen LogP contribution in [0.4, 0.5) is 0 Å². The van der Waals surface area contributed by atoms with Crippen LogP contribution in [-0.2, 0) is 0 Å². The Balaban J connectivity index is 0.00000144. The Hall–Kier alpha value is -1.13. The molecule has 0 spiro atoms. The predicted octanol–water partition coefficient (Wildman–Crippen LogP) is 1.38. The van der Waals surface area contributed by atoms with Gasteiger partial charge in [0, 0.05) is 31.0 Å².